The largest absolute Gasteiger partial charge is 0.453 e. The zero-order valence-corrected chi connectivity index (χ0v) is 38.4. The van der Waals surface area contributed by atoms with Crippen molar-refractivity contribution in [3.8, 4) is 56.8 Å². The Kier molecular flexibility index (Phi) is 9.31. The average molecular weight is 917 g/mol. The van der Waals surface area contributed by atoms with Gasteiger partial charge in [-0.1, -0.05) is 121 Å². The number of hydrogen-bond acceptors (Lipinski definition) is 6. The third kappa shape index (κ3) is 6.60. The standard InChI is InChI=1S/C62H40N6OS/c1-3-19-45(20-4-1)67-51-25-9-7-23-49(51)63-61(67)43-35-41(37-47(39-43)65-53-27-11-15-31-57(53)69-58-32-16-12-28-54(58)65)42-36-44(62-64-50-24-8-10-26-52(50)68(62)46-21-5-2-6-22-46)40-48(38-42)66-55-29-13-17-33-59(55)70-60-34-18-14-30-56(60)66/h1-40H. The summed E-state index contributed by atoms with van der Waals surface area (Å²) >= 11 is 1.81. The first kappa shape index (κ1) is 40.0. The molecule has 70 heavy (non-hydrogen) atoms. The Hall–Kier alpha value is -9.11. The third-order valence-electron chi connectivity index (χ3n) is 13.2. The molecule has 0 unspecified atom stereocenters. The van der Waals surface area contributed by atoms with Crippen LogP contribution in [0.1, 0.15) is 0 Å². The lowest BCUT2D eigenvalue weighted by molar-refractivity contribution is 0.477. The Balaban J connectivity index is 1.08. The summed E-state index contributed by atoms with van der Waals surface area (Å²) in [6, 6.07) is 85.7. The van der Waals surface area contributed by atoms with Crippen molar-refractivity contribution < 1.29 is 4.74 Å². The van der Waals surface area contributed by atoms with Gasteiger partial charge < -0.3 is 14.5 Å². The molecule has 0 spiro atoms. The Morgan fingerprint density at radius 2 is 0.686 bits per heavy atom. The minimum Gasteiger partial charge on any atom is -0.453 e. The molecule has 0 amide bonds. The van der Waals surface area contributed by atoms with E-state index in [-0.39, 0.29) is 0 Å². The van der Waals surface area contributed by atoms with Crippen LogP contribution in [-0.2, 0) is 0 Å². The number of fused-ring (bicyclic) bond motifs is 6. The third-order valence-corrected chi connectivity index (χ3v) is 14.3. The summed E-state index contributed by atoms with van der Waals surface area (Å²) in [6.07, 6.45) is 0. The summed E-state index contributed by atoms with van der Waals surface area (Å²) in [5, 5.41) is 0. The predicted molar refractivity (Wildman–Crippen MR) is 286 cm³/mol. The summed E-state index contributed by atoms with van der Waals surface area (Å²) in [4.78, 5) is 18.0. The normalized spacial score (nSPS) is 12.6. The van der Waals surface area contributed by atoms with Gasteiger partial charge in [0.05, 0.1) is 44.8 Å². The molecule has 12 aromatic rings. The maximum absolute atomic E-state index is 6.58. The molecule has 0 saturated heterocycles. The van der Waals surface area contributed by atoms with E-state index in [1.54, 1.807) is 0 Å². The molecule has 0 atom stereocenters. The van der Waals surface area contributed by atoms with Crippen LogP contribution >= 0.6 is 11.8 Å². The van der Waals surface area contributed by atoms with Gasteiger partial charge in [-0.15, -0.1) is 0 Å². The summed E-state index contributed by atoms with van der Waals surface area (Å²) < 4.78 is 11.1. The van der Waals surface area contributed by atoms with Crippen LogP contribution in [0.25, 0.3) is 67.3 Å². The van der Waals surface area contributed by atoms with Gasteiger partial charge in [-0.05, 0) is 145 Å². The Bertz CT molecular complexity index is 3640. The number of aromatic nitrogens is 4. The zero-order valence-electron chi connectivity index (χ0n) is 37.6. The molecule has 0 bridgehead atoms. The SMILES string of the molecule is c1ccc(-n2c(-c3cc(-c4cc(-c5nc6ccccc6n5-c5ccccc5)cc(N5c6ccccc6Sc6ccccc65)c4)cc(N4c5ccccc5Oc5ccccc54)c3)nc3ccccc32)cc1. The fourth-order valence-corrected chi connectivity index (χ4v) is 11.2. The van der Waals surface area contributed by atoms with Crippen molar-refractivity contribution in [2.75, 3.05) is 9.80 Å². The molecule has 8 heteroatoms. The highest BCUT2D eigenvalue weighted by atomic mass is 32.2. The second kappa shape index (κ2) is 16.3. The van der Waals surface area contributed by atoms with Crippen molar-refractivity contribution >= 4 is 68.0 Å². The van der Waals surface area contributed by atoms with Crippen LogP contribution in [0.3, 0.4) is 0 Å². The Morgan fingerprint density at radius 3 is 1.17 bits per heavy atom. The maximum Gasteiger partial charge on any atom is 0.151 e. The van der Waals surface area contributed by atoms with E-state index in [2.05, 4.69) is 237 Å². The molecule has 2 aliphatic rings. The molecule has 10 aromatic carbocycles. The predicted octanol–water partition coefficient (Wildman–Crippen LogP) is 16.9. The van der Waals surface area contributed by atoms with Gasteiger partial charge in [0, 0.05) is 43.7 Å². The number of benzene rings is 10. The molecular formula is C62H40N6OS. The number of rotatable bonds is 7. The van der Waals surface area contributed by atoms with Crippen LogP contribution in [0.2, 0.25) is 0 Å². The average Bonchev–Trinajstić information content (AvgIpc) is 4.02. The molecule has 2 aliphatic heterocycles. The van der Waals surface area contributed by atoms with E-state index in [9.17, 15) is 0 Å². The molecular weight excluding hydrogens is 877 g/mol. The van der Waals surface area contributed by atoms with Crippen LogP contribution in [-0.4, -0.2) is 19.1 Å². The molecule has 330 valence electrons. The van der Waals surface area contributed by atoms with Crippen molar-refractivity contribution in [1.29, 1.82) is 0 Å². The first-order valence-electron chi connectivity index (χ1n) is 23.4. The van der Waals surface area contributed by atoms with Crippen molar-refractivity contribution in [2.24, 2.45) is 0 Å². The van der Waals surface area contributed by atoms with Crippen LogP contribution < -0.4 is 14.5 Å². The zero-order chi connectivity index (χ0) is 46.1. The van der Waals surface area contributed by atoms with E-state index in [0.29, 0.717) is 0 Å². The van der Waals surface area contributed by atoms with Gasteiger partial charge in [0.2, 0.25) is 0 Å². The number of ether oxygens (including phenoxy) is 1. The van der Waals surface area contributed by atoms with Gasteiger partial charge in [-0.25, -0.2) is 9.97 Å². The van der Waals surface area contributed by atoms with Crippen molar-refractivity contribution in [3.05, 3.63) is 243 Å². The highest BCUT2D eigenvalue weighted by molar-refractivity contribution is 7.99. The molecule has 0 radical (unpaired) electrons. The second-order valence-electron chi connectivity index (χ2n) is 17.5. The van der Waals surface area contributed by atoms with Gasteiger partial charge in [-0.3, -0.25) is 9.13 Å². The Labute approximate surface area is 408 Å². The highest BCUT2D eigenvalue weighted by Gasteiger charge is 2.29. The van der Waals surface area contributed by atoms with Crippen LogP contribution in [0.15, 0.2) is 252 Å². The minimum absolute atomic E-state index is 0.786. The summed E-state index contributed by atoms with van der Waals surface area (Å²) in [5.74, 6) is 3.26. The van der Waals surface area contributed by atoms with E-state index in [0.717, 1.165) is 113 Å². The van der Waals surface area contributed by atoms with Crippen LogP contribution in [0.5, 0.6) is 11.5 Å². The van der Waals surface area contributed by atoms with Crippen LogP contribution in [0, 0.1) is 0 Å². The van der Waals surface area contributed by atoms with Crippen molar-refractivity contribution in [1.82, 2.24) is 19.1 Å². The van der Waals surface area contributed by atoms with E-state index < -0.39 is 0 Å². The molecule has 4 heterocycles. The first-order chi connectivity index (χ1) is 34.7. The summed E-state index contributed by atoms with van der Waals surface area (Å²) in [6.45, 7) is 0. The lowest BCUT2D eigenvalue weighted by atomic mass is 9.97. The minimum atomic E-state index is 0.786. The molecule has 14 rings (SSSR count). The number of hydrogen-bond donors (Lipinski definition) is 0. The number of para-hydroxylation sites is 12. The summed E-state index contributed by atoms with van der Waals surface area (Å²) in [7, 11) is 0. The second-order valence-corrected chi connectivity index (χ2v) is 18.6. The molecule has 0 fully saturated rings. The van der Waals surface area contributed by atoms with Gasteiger partial charge in [0.1, 0.15) is 11.6 Å². The van der Waals surface area contributed by atoms with Gasteiger partial charge >= 0.3 is 0 Å². The highest BCUT2D eigenvalue weighted by Crippen LogP contribution is 2.54. The van der Waals surface area contributed by atoms with Crippen LogP contribution in [0.4, 0.5) is 34.1 Å². The fourth-order valence-electron chi connectivity index (χ4n) is 10.2. The van der Waals surface area contributed by atoms with E-state index in [4.69, 9.17) is 14.7 Å². The van der Waals surface area contributed by atoms with E-state index in [1.807, 2.05) is 36.0 Å². The fraction of sp³-hybridized carbons (Fsp3) is 0. The molecule has 7 nitrogen and oxygen atoms in total. The molecule has 0 aliphatic carbocycles. The quantitative estimate of drug-likeness (QED) is 0.159. The monoisotopic (exact) mass is 916 g/mol. The number of imidazole rings is 2. The first-order valence-corrected chi connectivity index (χ1v) is 24.2. The van der Waals surface area contributed by atoms with Gasteiger partial charge in [0.15, 0.2) is 11.5 Å². The number of anilines is 6. The maximum atomic E-state index is 6.58. The van der Waals surface area contributed by atoms with Crippen molar-refractivity contribution in [3.63, 3.8) is 0 Å². The van der Waals surface area contributed by atoms with E-state index in [1.165, 1.54) is 9.79 Å². The topological polar surface area (TPSA) is 51.4 Å². The number of nitrogens with zero attached hydrogens (tertiary/aromatic N) is 6. The van der Waals surface area contributed by atoms with E-state index >= 15 is 0 Å². The lowest BCUT2D eigenvalue weighted by Crippen LogP contribution is -2.16. The molecule has 0 saturated carbocycles. The summed E-state index contributed by atoms with van der Waals surface area (Å²) in [5.41, 5.74) is 16.1. The van der Waals surface area contributed by atoms with Crippen molar-refractivity contribution in [2.45, 2.75) is 9.79 Å². The lowest BCUT2D eigenvalue weighted by Gasteiger charge is -2.34. The molecule has 0 N–H and O–H groups in total. The van der Waals surface area contributed by atoms with Gasteiger partial charge in [0.25, 0.3) is 0 Å². The van der Waals surface area contributed by atoms with Gasteiger partial charge in [-0.2, -0.15) is 0 Å². The Morgan fingerprint density at radius 1 is 0.314 bits per heavy atom. The smallest absolute Gasteiger partial charge is 0.151 e. The molecule has 2 aromatic heterocycles.